The molecule has 0 amide bonds. The zero-order valence-electron chi connectivity index (χ0n) is 11.2. The summed E-state index contributed by atoms with van der Waals surface area (Å²) in [6.45, 7) is 5.22. The SMILES string of the molecule is CCC(C)n1ccc(CC2(CN)CCCC2)n1. The van der Waals surface area contributed by atoms with Crippen LogP contribution < -0.4 is 5.73 Å². The van der Waals surface area contributed by atoms with Crippen molar-refractivity contribution in [3.63, 3.8) is 0 Å². The molecule has 3 heteroatoms. The first kappa shape index (κ1) is 12.6. The van der Waals surface area contributed by atoms with Gasteiger partial charge in [-0.05, 0) is 50.6 Å². The first-order valence-corrected chi connectivity index (χ1v) is 6.93. The van der Waals surface area contributed by atoms with Crippen LogP contribution >= 0.6 is 0 Å². The fraction of sp³-hybridized carbons (Fsp3) is 0.786. The van der Waals surface area contributed by atoms with Crippen molar-refractivity contribution in [3.8, 4) is 0 Å². The van der Waals surface area contributed by atoms with Gasteiger partial charge in [-0.3, -0.25) is 4.68 Å². The molecule has 3 nitrogen and oxygen atoms in total. The molecule has 0 spiro atoms. The molecule has 1 heterocycles. The second kappa shape index (κ2) is 5.21. The van der Waals surface area contributed by atoms with Gasteiger partial charge in [-0.25, -0.2) is 0 Å². The molecule has 1 aromatic rings. The highest BCUT2D eigenvalue weighted by Gasteiger charge is 2.33. The van der Waals surface area contributed by atoms with Gasteiger partial charge in [0.25, 0.3) is 0 Å². The highest BCUT2D eigenvalue weighted by atomic mass is 15.3. The number of aromatic nitrogens is 2. The lowest BCUT2D eigenvalue weighted by atomic mass is 9.82. The summed E-state index contributed by atoms with van der Waals surface area (Å²) in [6.07, 6.45) is 9.53. The Morgan fingerprint density at radius 2 is 2.18 bits per heavy atom. The van der Waals surface area contributed by atoms with E-state index in [0.717, 1.165) is 19.4 Å². The molecule has 1 aromatic heterocycles. The normalized spacial score (nSPS) is 20.6. The van der Waals surface area contributed by atoms with E-state index in [-0.39, 0.29) is 0 Å². The number of nitrogens with two attached hydrogens (primary N) is 1. The van der Waals surface area contributed by atoms with Crippen molar-refractivity contribution in [2.45, 2.75) is 58.4 Å². The van der Waals surface area contributed by atoms with Crippen molar-refractivity contribution in [2.75, 3.05) is 6.54 Å². The van der Waals surface area contributed by atoms with Crippen molar-refractivity contribution < 1.29 is 0 Å². The van der Waals surface area contributed by atoms with E-state index in [0.29, 0.717) is 11.5 Å². The summed E-state index contributed by atoms with van der Waals surface area (Å²) in [5, 5.41) is 4.70. The lowest BCUT2D eigenvalue weighted by Crippen LogP contribution is -2.30. The lowest BCUT2D eigenvalue weighted by Gasteiger charge is -2.26. The Labute approximate surface area is 104 Å². The smallest absolute Gasteiger partial charge is 0.0630 e. The highest BCUT2D eigenvalue weighted by Crippen LogP contribution is 2.39. The molecule has 1 aliphatic carbocycles. The zero-order valence-corrected chi connectivity index (χ0v) is 11.2. The predicted molar refractivity (Wildman–Crippen MR) is 70.9 cm³/mol. The van der Waals surface area contributed by atoms with E-state index in [2.05, 4.69) is 30.8 Å². The Morgan fingerprint density at radius 1 is 1.47 bits per heavy atom. The molecule has 0 saturated heterocycles. The molecule has 0 aromatic carbocycles. The van der Waals surface area contributed by atoms with Crippen molar-refractivity contribution >= 4 is 0 Å². The maximum atomic E-state index is 5.97. The largest absolute Gasteiger partial charge is 0.330 e. The van der Waals surface area contributed by atoms with Gasteiger partial charge >= 0.3 is 0 Å². The lowest BCUT2D eigenvalue weighted by molar-refractivity contribution is 0.301. The van der Waals surface area contributed by atoms with Gasteiger partial charge in [0.2, 0.25) is 0 Å². The van der Waals surface area contributed by atoms with E-state index in [1.165, 1.54) is 31.4 Å². The van der Waals surface area contributed by atoms with Crippen LogP contribution in [0.5, 0.6) is 0 Å². The van der Waals surface area contributed by atoms with Gasteiger partial charge in [0.15, 0.2) is 0 Å². The molecule has 96 valence electrons. The van der Waals surface area contributed by atoms with Gasteiger partial charge in [0.05, 0.1) is 5.69 Å². The number of nitrogens with zero attached hydrogens (tertiary/aromatic N) is 2. The molecule has 0 bridgehead atoms. The first-order valence-electron chi connectivity index (χ1n) is 6.93. The van der Waals surface area contributed by atoms with Gasteiger partial charge in [0, 0.05) is 12.2 Å². The van der Waals surface area contributed by atoms with E-state index < -0.39 is 0 Å². The van der Waals surface area contributed by atoms with Crippen LogP contribution in [-0.4, -0.2) is 16.3 Å². The van der Waals surface area contributed by atoms with E-state index in [1.807, 2.05) is 0 Å². The van der Waals surface area contributed by atoms with Crippen LogP contribution in [0.1, 0.15) is 57.7 Å². The number of hydrogen-bond donors (Lipinski definition) is 1. The van der Waals surface area contributed by atoms with E-state index in [1.54, 1.807) is 0 Å². The van der Waals surface area contributed by atoms with Crippen LogP contribution in [0.15, 0.2) is 12.3 Å². The molecule has 1 saturated carbocycles. The molecule has 0 radical (unpaired) electrons. The van der Waals surface area contributed by atoms with E-state index >= 15 is 0 Å². The minimum atomic E-state index is 0.342. The molecular formula is C14H25N3. The monoisotopic (exact) mass is 235 g/mol. The van der Waals surface area contributed by atoms with E-state index in [4.69, 9.17) is 10.8 Å². The summed E-state index contributed by atoms with van der Waals surface area (Å²) >= 11 is 0. The summed E-state index contributed by atoms with van der Waals surface area (Å²) < 4.78 is 2.09. The zero-order chi connectivity index (χ0) is 12.3. The third kappa shape index (κ3) is 2.71. The molecule has 2 N–H and O–H groups in total. The minimum Gasteiger partial charge on any atom is -0.330 e. The molecule has 2 rings (SSSR count). The fourth-order valence-electron chi connectivity index (χ4n) is 2.87. The Balaban J connectivity index is 2.05. The Morgan fingerprint density at radius 3 is 2.76 bits per heavy atom. The summed E-state index contributed by atoms with van der Waals surface area (Å²) in [7, 11) is 0. The second-order valence-electron chi connectivity index (χ2n) is 5.63. The van der Waals surface area contributed by atoms with Crippen LogP contribution in [0.3, 0.4) is 0 Å². The summed E-state index contributed by atoms with van der Waals surface area (Å²) in [5.74, 6) is 0. The van der Waals surface area contributed by atoms with Crippen LogP contribution in [0.25, 0.3) is 0 Å². The maximum Gasteiger partial charge on any atom is 0.0630 e. The van der Waals surface area contributed by atoms with Crippen molar-refractivity contribution in [1.29, 1.82) is 0 Å². The topological polar surface area (TPSA) is 43.8 Å². The van der Waals surface area contributed by atoms with Crippen molar-refractivity contribution in [2.24, 2.45) is 11.1 Å². The summed E-state index contributed by atoms with van der Waals surface area (Å²) in [4.78, 5) is 0. The highest BCUT2D eigenvalue weighted by molar-refractivity contribution is 5.05. The number of hydrogen-bond acceptors (Lipinski definition) is 2. The van der Waals surface area contributed by atoms with Crippen molar-refractivity contribution in [1.82, 2.24) is 9.78 Å². The third-order valence-corrected chi connectivity index (χ3v) is 4.36. The van der Waals surface area contributed by atoms with Crippen LogP contribution in [-0.2, 0) is 6.42 Å². The minimum absolute atomic E-state index is 0.342. The van der Waals surface area contributed by atoms with Crippen LogP contribution in [0.2, 0.25) is 0 Å². The molecule has 1 aliphatic rings. The standard InChI is InChI=1S/C14H25N3/c1-3-12(2)17-9-6-13(16-17)10-14(11-15)7-4-5-8-14/h6,9,12H,3-5,7-8,10-11,15H2,1-2H3. The molecular weight excluding hydrogens is 210 g/mol. The second-order valence-corrected chi connectivity index (χ2v) is 5.63. The van der Waals surface area contributed by atoms with Gasteiger partial charge in [0.1, 0.15) is 0 Å². The molecule has 1 atom stereocenters. The van der Waals surface area contributed by atoms with Crippen LogP contribution in [0.4, 0.5) is 0 Å². The fourth-order valence-corrected chi connectivity index (χ4v) is 2.87. The predicted octanol–water partition coefficient (Wildman–Crippen LogP) is 2.92. The average Bonchev–Trinajstić information content (AvgIpc) is 2.98. The van der Waals surface area contributed by atoms with Crippen LogP contribution in [0, 0.1) is 5.41 Å². The molecule has 1 fully saturated rings. The quantitative estimate of drug-likeness (QED) is 0.852. The third-order valence-electron chi connectivity index (χ3n) is 4.36. The summed E-state index contributed by atoms with van der Waals surface area (Å²) in [6, 6.07) is 2.67. The molecule has 17 heavy (non-hydrogen) atoms. The average molecular weight is 235 g/mol. The first-order chi connectivity index (χ1) is 8.19. The Bertz CT molecular complexity index is 350. The van der Waals surface area contributed by atoms with Gasteiger partial charge < -0.3 is 5.73 Å². The van der Waals surface area contributed by atoms with Gasteiger partial charge in [-0.2, -0.15) is 5.10 Å². The Hall–Kier alpha value is -0.830. The summed E-state index contributed by atoms with van der Waals surface area (Å²) in [5.41, 5.74) is 7.54. The van der Waals surface area contributed by atoms with Gasteiger partial charge in [-0.15, -0.1) is 0 Å². The molecule has 1 unspecified atom stereocenters. The number of rotatable bonds is 5. The van der Waals surface area contributed by atoms with Gasteiger partial charge in [-0.1, -0.05) is 19.8 Å². The molecule has 0 aliphatic heterocycles. The Kier molecular flexibility index (Phi) is 3.87. The maximum absolute atomic E-state index is 5.97. The van der Waals surface area contributed by atoms with Crippen molar-refractivity contribution in [3.05, 3.63) is 18.0 Å². The van der Waals surface area contributed by atoms with E-state index in [9.17, 15) is 0 Å².